The highest BCUT2D eigenvalue weighted by atomic mass is 32.2. The number of rotatable bonds is 4. The molecule has 0 saturated heterocycles. The van der Waals surface area contributed by atoms with Gasteiger partial charge in [0.25, 0.3) is 0 Å². The lowest BCUT2D eigenvalue weighted by Gasteiger charge is -2.23. The van der Waals surface area contributed by atoms with E-state index in [1.54, 1.807) is 41.5 Å². The molecule has 1 aromatic carbocycles. The number of sulfone groups is 1. The predicted octanol–water partition coefficient (Wildman–Crippen LogP) is 3.02. The van der Waals surface area contributed by atoms with Crippen LogP contribution in [0.25, 0.3) is 5.57 Å². The van der Waals surface area contributed by atoms with Gasteiger partial charge in [-0.2, -0.15) is 13.2 Å². The Hall–Kier alpha value is -2.88. The van der Waals surface area contributed by atoms with Crippen molar-refractivity contribution in [1.82, 2.24) is 14.9 Å². The minimum absolute atomic E-state index is 0.109. The van der Waals surface area contributed by atoms with Crippen LogP contribution in [0.4, 0.5) is 13.2 Å². The molecule has 0 unspecified atom stereocenters. The molecule has 10 heteroatoms. The van der Waals surface area contributed by atoms with E-state index >= 15 is 0 Å². The molecule has 28 heavy (non-hydrogen) atoms. The number of aromatic nitrogens is 2. The van der Waals surface area contributed by atoms with E-state index in [1.807, 2.05) is 0 Å². The predicted molar refractivity (Wildman–Crippen MR) is 95.8 cm³/mol. The summed E-state index contributed by atoms with van der Waals surface area (Å²) < 4.78 is 62.9. The molecule has 2 heterocycles. The van der Waals surface area contributed by atoms with Crippen LogP contribution >= 0.6 is 0 Å². The molecule has 148 valence electrons. The van der Waals surface area contributed by atoms with Crippen LogP contribution in [-0.4, -0.2) is 41.2 Å². The lowest BCUT2D eigenvalue weighted by Crippen LogP contribution is -2.20. The topological polar surface area (TPSA) is 83.4 Å². The summed E-state index contributed by atoms with van der Waals surface area (Å²) in [4.78, 5) is 8.77. The normalized spacial score (nSPS) is 14.9. The van der Waals surface area contributed by atoms with E-state index < -0.39 is 26.9 Å². The van der Waals surface area contributed by atoms with E-state index in [9.17, 15) is 26.7 Å². The van der Waals surface area contributed by atoms with Crippen LogP contribution in [0.1, 0.15) is 17.0 Å². The molecule has 1 aliphatic heterocycles. The number of phenols is 1. The third-order valence-corrected chi connectivity index (χ3v) is 4.72. The Balaban J connectivity index is 1.99. The van der Waals surface area contributed by atoms with Gasteiger partial charge in [-0.3, -0.25) is 0 Å². The van der Waals surface area contributed by atoms with E-state index in [2.05, 4.69) is 9.97 Å². The highest BCUT2D eigenvalue weighted by Gasteiger charge is 2.35. The maximum atomic E-state index is 13.1. The van der Waals surface area contributed by atoms with E-state index in [0.717, 1.165) is 17.9 Å². The van der Waals surface area contributed by atoms with Crippen LogP contribution in [0, 0.1) is 0 Å². The molecule has 0 amide bonds. The van der Waals surface area contributed by atoms with E-state index in [4.69, 9.17) is 0 Å². The van der Waals surface area contributed by atoms with E-state index in [0.29, 0.717) is 18.7 Å². The average molecular weight is 411 g/mol. The third kappa shape index (κ3) is 4.69. The maximum absolute atomic E-state index is 13.1. The van der Waals surface area contributed by atoms with Crippen LogP contribution in [0.15, 0.2) is 53.8 Å². The molecule has 1 N–H and O–H groups in total. The Bertz CT molecular complexity index is 1060. The van der Waals surface area contributed by atoms with Gasteiger partial charge in [0.05, 0.1) is 5.69 Å². The number of benzene rings is 1. The number of aromatic hydroxyl groups is 1. The quantitative estimate of drug-likeness (QED) is 0.779. The minimum atomic E-state index is -4.81. The summed E-state index contributed by atoms with van der Waals surface area (Å²) in [5.41, 5.74) is -0.331. The van der Waals surface area contributed by atoms with E-state index in [1.165, 1.54) is 6.07 Å². The molecular formula is C18H16F3N3O3S. The molecule has 0 radical (unpaired) electrons. The number of halogens is 3. The Morgan fingerprint density at radius 3 is 2.61 bits per heavy atom. The summed E-state index contributed by atoms with van der Waals surface area (Å²) in [5.74, 6) is 0.109. The molecule has 0 fully saturated rings. The number of phenolic OH excluding ortho intramolecular Hbond substituents is 1. The highest BCUT2D eigenvalue weighted by Crippen LogP contribution is 2.31. The molecule has 0 saturated carbocycles. The molecular weight excluding hydrogens is 395 g/mol. The first kappa shape index (κ1) is 19.9. The van der Waals surface area contributed by atoms with Gasteiger partial charge in [0, 0.05) is 31.1 Å². The zero-order valence-electron chi connectivity index (χ0n) is 14.7. The van der Waals surface area contributed by atoms with Crippen molar-refractivity contribution in [2.24, 2.45) is 0 Å². The van der Waals surface area contributed by atoms with Crippen LogP contribution in [0.2, 0.25) is 0 Å². The van der Waals surface area contributed by atoms with Crippen LogP contribution in [0.5, 0.6) is 5.75 Å². The monoisotopic (exact) mass is 411 g/mol. The van der Waals surface area contributed by atoms with Crippen molar-refractivity contribution in [2.75, 3.05) is 12.8 Å². The molecule has 1 aliphatic rings. The Morgan fingerprint density at radius 2 is 1.96 bits per heavy atom. The van der Waals surface area contributed by atoms with Gasteiger partial charge >= 0.3 is 6.18 Å². The molecule has 2 aromatic rings. The first-order valence-corrected chi connectivity index (χ1v) is 9.98. The fourth-order valence-electron chi connectivity index (χ4n) is 2.64. The molecule has 1 aromatic heterocycles. The van der Waals surface area contributed by atoms with Crippen molar-refractivity contribution in [1.29, 1.82) is 0 Å². The molecule has 3 rings (SSSR count). The number of alkyl halides is 3. The van der Waals surface area contributed by atoms with Crippen molar-refractivity contribution in [3.05, 3.63) is 65.6 Å². The van der Waals surface area contributed by atoms with Crippen LogP contribution < -0.4 is 0 Å². The second-order valence-electron chi connectivity index (χ2n) is 6.28. The third-order valence-electron chi connectivity index (χ3n) is 3.88. The van der Waals surface area contributed by atoms with Crippen molar-refractivity contribution < 1.29 is 26.7 Å². The van der Waals surface area contributed by atoms with Gasteiger partial charge in [0.2, 0.25) is 15.0 Å². The zero-order chi connectivity index (χ0) is 20.5. The van der Waals surface area contributed by atoms with Gasteiger partial charge in [0.1, 0.15) is 11.4 Å². The van der Waals surface area contributed by atoms with Crippen molar-refractivity contribution in [2.45, 2.75) is 17.9 Å². The summed E-state index contributed by atoms with van der Waals surface area (Å²) in [6.45, 7) is 0.897. The molecule has 0 spiro atoms. The number of nitrogens with zero attached hydrogens (tertiary/aromatic N) is 3. The average Bonchev–Trinajstić information content (AvgIpc) is 2.60. The Labute approximate surface area is 159 Å². The van der Waals surface area contributed by atoms with Gasteiger partial charge < -0.3 is 10.0 Å². The number of hydrogen-bond acceptors (Lipinski definition) is 6. The van der Waals surface area contributed by atoms with E-state index in [-0.39, 0.29) is 11.4 Å². The highest BCUT2D eigenvalue weighted by molar-refractivity contribution is 7.90. The van der Waals surface area contributed by atoms with Gasteiger partial charge in [0.15, 0.2) is 0 Å². The fraction of sp³-hybridized carbons (Fsp3) is 0.222. The first-order chi connectivity index (χ1) is 13.0. The largest absolute Gasteiger partial charge is 0.508 e. The summed E-state index contributed by atoms with van der Waals surface area (Å²) in [5, 5.41) is 8.68. The van der Waals surface area contributed by atoms with Crippen LogP contribution in [-0.2, 0) is 22.6 Å². The summed E-state index contributed by atoms with van der Waals surface area (Å²) >= 11 is 0. The van der Waals surface area contributed by atoms with Crippen LogP contribution in [0.3, 0.4) is 0 Å². The Morgan fingerprint density at radius 1 is 1.21 bits per heavy atom. The van der Waals surface area contributed by atoms with Gasteiger partial charge in [-0.05, 0) is 23.8 Å². The number of allylic oxidation sites excluding steroid dienone is 2. The van der Waals surface area contributed by atoms with Gasteiger partial charge in [-0.15, -0.1) is 0 Å². The maximum Gasteiger partial charge on any atom is 0.433 e. The molecule has 0 aliphatic carbocycles. The van der Waals surface area contributed by atoms with Crippen molar-refractivity contribution >= 4 is 15.4 Å². The zero-order valence-corrected chi connectivity index (χ0v) is 15.5. The smallest absolute Gasteiger partial charge is 0.433 e. The minimum Gasteiger partial charge on any atom is -0.508 e. The second kappa shape index (κ2) is 7.27. The van der Waals surface area contributed by atoms with Crippen molar-refractivity contribution in [3.8, 4) is 5.75 Å². The van der Waals surface area contributed by atoms with Gasteiger partial charge in [-0.1, -0.05) is 24.3 Å². The lowest BCUT2D eigenvalue weighted by atomic mass is 10.1. The summed E-state index contributed by atoms with van der Waals surface area (Å²) in [6, 6.07) is 7.34. The fourth-order valence-corrected chi connectivity index (χ4v) is 3.17. The molecule has 6 nitrogen and oxygen atoms in total. The summed E-state index contributed by atoms with van der Waals surface area (Å²) in [6.07, 6.45) is 0.850. The second-order valence-corrected chi connectivity index (χ2v) is 8.19. The lowest BCUT2D eigenvalue weighted by molar-refractivity contribution is -0.141. The Kier molecular flexibility index (Phi) is 5.16. The summed E-state index contributed by atoms with van der Waals surface area (Å²) in [7, 11) is -4.03. The van der Waals surface area contributed by atoms with Crippen molar-refractivity contribution in [3.63, 3.8) is 0 Å². The first-order valence-electron chi connectivity index (χ1n) is 8.09. The molecule has 0 atom stereocenters. The van der Waals surface area contributed by atoms with Gasteiger partial charge in [-0.25, -0.2) is 18.4 Å². The number of hydrogen-bond donors (Lipinski definition) is 1. The molecule has 0 bridgehead atoms. The SMILES string of the molecule is CS(=O)(=O)c1nc(C2=CN(Cc3cccc(O)c3)CC=C2)cc(C(F)(F)F)n1. The standard InChI is InChI=1S/C18H16F3N3O3S/c1-28(26,27)17-22-15(9-16(23-17)18(19,20)21)13-5-3-7-24(11-13)10-12-4-2-6-14(25)8-12/h2-6,8-9,11,25H,7,10H2,1H3.